The summed E-state index contributed by atoms with van der Waals surface area (Å²) in [5, 5.41) is 14.8. The summed E-state index contributed by atoms with van der Waals surface area (Å²) in [6.07, 6.45) is 1.78. The van der Waals surface area contributed by atoms with Crippen LogP contribution in [-0.2, 0) is 13.2 Å². The standard InChI is InChI=1S/C30H25N3O3S/c34-30(35)24-10-8-21(9-11-24)19-32-28(27-7-4-18-37-27)26-16-17-31-29(33-26)23-12-14-25(15-13-23)36-20-22-5-2-1-3-6-22/h1-18,28,32H,19-20H2,(H,34,35). The van der Waals surface area contributed by atoms with Crippen molar-refractivity contribution >= 4 is 17.3 Å². The Morgan fingerprint density at radius 2 is 1.68 bits per heavy atom. The molecule has 0 fully saturated rings. The van der Waals surface area contributed by atoms with Crippen molar-refractivity contribution in [2.45, 2.75) is 19.2 Å². The molecule has 37 heavy (non-hydrogen) atoms. The second kappa shape index (κ2) is 11.6. The average Bonchev–Trinajstić information content (AvgIpc) is 3.48. The van der Waals surface area contributed by atoms with Crippen molar-refractivity contribution in [1.82, 2.24) is 15.3 Å². The lowest BCUT2D eigenvalue weighted by Crippen LogP contribution is -2.22. The van der Waals surface area contributed by atoms with Gasteiger partial charge in [-0.1, -0.05) is 48.5 Å². The van der Waals surface area contributed by atoms with E-state index in [9.17, 15) is 4.79 Å². The van der Waals surface area contributed by atoms with Crippen molar-refractivity contribution in [2.75, 3.05) is 0 Å². The molecular formula is C30H25N3O3S. The Bertz CT molecular complexity index is 1440. The first-order valence-corrected chi connectivity index (χ1v) is 12.7. The first-order valence-electron chi connectivity index (χ1n) is 11.8. The van der Waals surface area contributed by atoms with Crippen LogP contribution in [0, 0.1) is 0 Å². The summed E-state index contributed by atoms with van der Waals surface area (Å²) >= 11 is 1.66. The molecule has 3 aromatic carbocycles. The number of thiophene rings is 1. The molecule has 0 amide bonds. The van der Waals surface area contributed by atoms with E-state index in [-0.39, 0.29) is 11.6 Å². The van der Waals surface area contributed by atoms with Gasteiger partial charge in [-0.2, -0.15) is 0 Å². The largest absolute Gasteiger partial charge is 0.489 e. The van der Waals surface area contributed by atoms with Crippen molar-refractivity contribution in [2.24, 2.45) is 0 Å². The number of rotatable bonds is 10. The minimum absolute atomic E-state index is 0.130. The number of nitrogens with zero attached hydrogens (tertiary/aromatic N) is 2. The fourth-order valence-electron chi connectivity index (χ4n) is 3.91. The quantitative estimate of drug-likeness (QED) is 0.229. The van der Waals surface area contributed by atoms with Gasteiger partial charge in [0.15, 0.2) is 5.82 Å². The minimum Gasteiger partial charge on any atom is -0.489 e. The molecule has 0 saturated heterocycles. The lowest BCUT2D eigenvalue weighted by molar-refractivity contribution is 0.0697. The summed E-state index contributed by atoms with van der Waals surface area (Å²) in [5.41, 5.74) is 4.15. The highest BCUT2D eigenvalue weighted by Crippen LogP contribution is 2.27. The Morgan fingerprint density at radius 3 is 2.38 bits per heavy atom. The molecule has 1 unspecified atom stereocenters. The van der Waals surface area contributed by atoms with Gasteiger partial charge >= 0.3 is 5.97 Å². The maximum absolute atomic E-state index is 11.1. The molecule has 0 radical (unpaired) electrons. The Kier molecular flexibility index (Phi) is 7.64. The molecule has 2 heterocycles. The first kappa shape index (κ1) is 24.4. The maximum atomic E-state index is 11.1. The number of carboxylic acids is 1. The molecule has 2 N–H and O–H groups in total. The van der Waals surface area contributed by atoms with Gasteiger partial charge in [0.05, 0.1) is 17.3 Å². The normalized spacial score (nSPS) is 11.7. The smallest absolute Gasteiger partial charge is 0.335 e. The third kappa shape index (κ3) is 6.27. The fourth-order valence-corrected chi connectivity index (χ4v) is 4.72. The Balaban J connectivity index is 1.31. The van der Waals surface area contributed by atoms with E-state index in [0.717, 1.165) is 33.0 Å². The summed E-state index contributed by atoms with van der Waals surface area (Å²) < 4.78 is 5.91. The molecule has 5 aromatic rings. The Hall–Kier alpha value is -4.33. The van der Waals surface area contributed by atoms with Crippen LogP contribution < -0.4 is 10.1 Å². The van der Waals surface area contributed by atoms with Crippen LogP contribution in [0.25, 0.3) is 11.4 Å². The third-order valence-corrected chi connectivity index (χ3v) is 6.81. The Labute approximate surface area is 219 Å². The van der Waals surface area contributed by atoms with E-state index in [1.807, 2.05) is 84.2 Å². The fraction of sp³-hybridized carbons (Fsp3) is 0.100. The van der Waals surface area contributed by atoms with Crippen LogP contribution in [0.2, 0.25) is 0 Å². The van der Waals surface area contributed by atoms with Gasteiger partial charge in [0.2, 0.25) is 0 Å². The highest BCUT2D eigenvalue weighted by molar-refractivity contribution is 7.10. The van der Waals surface area contributed by atoms with E-state index in [2.05, 4.69) is 16.4 Å². The topological polar surface area (TPSA) is 84.3 Å². The SMILES string of the molecule is O=C(O)c1ccc(CNC(c2ccnc(-c3ccc(OCc4ccccc4)cc3)n2)c2cccs2)cc1. The van der Waals surface area contributed by atoms with Crippen LogP contribution >= 0.6 is 11.3 Å². The van der Waals surface area contributed by atoms with E-state index >= 15 is 0 Å². The zero-order valence-corrected chi connectivity index (χ0v) is 20.8. The molecule has 0 aliphatic carbocycles. The van der Waals surface area contributed by atoms with E-state index < -0.39 is 5.97 Å². The summed E-state index contributed by atoms with van der Waals surface area (Å²) in [7, 11) is 0. The number of carbonyl (C=O) groups is 1. The molecule has 2 aromatic heterocycles. The van der Waals surface area contributed by atoms with Crippen LogP contribution in [0.3, 0.4) is 0 Å². The van der Waals surface area contributed by atoms with Gasteiger partial charge in [-0.3, -0.25) is 0 Å². The van der Waals surface area contributed by atoms with Gasteiger partial charge in [-0.05, 0) is 65.0 Å². The average molecular weight is 508 g/mol. The van der Waals surface area contributed by atoms with Gasteiger partial charge in [0, 0.05) is 23.2 Å². The molecule has 184 valence electrons. The molecule has 5 rings (SSSR count). The number of hydrogen-bond acceptors (Lipinski definition) is 6. The Morgan fingerprint density at radius 1 is 0.892 bits per heavy atom. The molecule has 0 aliphatic rings. The van der Waals surface area contributed by atoms with E-state index in [1.165, 1.54) is 0 Å². The van der Waals surface area contributed by atoms with Crippen molar-refractivity contribution in [3.63, 3.8) is 0 Å². The second-order valence-corrected chi connectivity index (χ2v) is 9.41. The maximum Gasteiger partial charge on any atom is 0.335 e. The van der Waals surface area contributed by atoms with Crippen molar-refractivity contribution in [3.05, 3.63) is 136 Å². The van der Waals surface area contributed by atoms with E-state index in [1.54, 1.807) is 29.7 Å². The van der Waals surface area contributed by atoms with Crippen molar-refractivity contribution < 1.29 is 14.6 Å². The number of nitrogens with one attached hydrogen (secondary N) is 1. The molecule has 0 aliphatic heterocycles. The van der Waals surface area contributed by atoms with Crippen LogP contribution in [0.15, 0.2) is 109 Å². The predicted octanol–water partition coefficient (Wildman–Crippen LogP) is 6.36. The summed E-state index contributed by atoms with van der Waals surface area (Å²) in [5.74, 6) is 0.498. The monoisotopic (exact) mass is 507 g/mol. The number of aromatic nitrogens is 2. The number of benzene rings is 3. The number of hydrogen-bond donors (Lipinski definition) is 2. The first-order chi connectivity index (χ1) is 18.2. The van der Waals surface area contributed by atoms with Gasteiger partial charge in [-0.25, -0.2) is 14.8 Å². The van der Waals surface area contributed by atoms with Gasteiger partial charge in [0.25, 0.3) is 0 Å². The van der Waals surface area contributed by atoms with Crippen molar-refractivity contribution in [1.29, 1.82) is 0 Å². The van der Waals surface area contributed by atoms with Crippen LogP contribution in [0.1, 0.15) is 38.1 Å². The van der Waals surface area contributed by atoms with Gasteiger partial charge < -0.3 is 15.2 Å². The second-order valence-electron chi connectivity index (χ2n) is 8.44. The molecule has 1 atom stereocenters. The molecule has 0 spiro atoms. The highest BCUT2D eigenvalue weighted by Gasteiger charge is 2.18. The summed E-state index contributed by atoms with van der Waals surface area (Å²) in [6, 6.07) is 30.7. The molecule has 7 heteroatoms. The summed E-state index contributed by atoms with van der Waals surface area (Å²) in [6.45, 7) is 1.08. The third-order valence-electron chi connectivity index (χ3n) is 5.87. The molecule has 0 bridgehead atoms. The van der Waals surface area contributed by atoms with Crippen LogP contribution in [0.4, 0.5) is 0 Å². The van der Waals surface area contributed by atoms with E-state index in [0.29, 0.717) is 19.0 Å². The van der Waals surface area contributed by atoms with Crippen LogP contribution in [-0.4, -0.2) is 21.0 Å². The number of aromatic carboxylic acids is 1. The van der Waals surface area contributed by atoms with E-state index in [4.69, 9.17) is 14.8 Å². The highest BCUT2D eigenvalue weighted by atomic mass is 32.1. The van der Waals surface area contributed by atoms with Crippen LogP contribution in [0.5, 0.6) is 5.75 Å². The molecule has 6 nitrogen and oxygen atoms in total. The zero-order chi connectivity index (χ0) is 25.5. The number of carboxylic acid groups (broad SMARTS) is 1. The summed E-state index contributed by atoms with van der Waals surface area (Å²) in [4.78, 5) is 21.7. The van der Waals surface area contributed by atoms with Gasteiger partial charge in [-0.15, -0.1) is 11.3 Å². The number of ether oxygens (including phenoxy) is 1. The lowest BCUT2D eigenvalue weighted by Gasteiger charge is -2.18. The van der Waals surface area contributed by atoms with Gasteiger partial charge in [0.1, 0.15) is 12.4 Å². The minimum atomic E-state index is -0.930. The van der Waals surface area contributed by atoms with Crippen molar-refractivity contribution in [3.8, 4) is 17.1 Å². The lowest BCUT2D eigenvalue weighted by atomic mass is 10.1. The molecule has 0 saturated carbocycles. The zero-order valence-electron chi connectivity index (χ0n) is 20.0. The predicted molar refractivity (Wildman–Crippen MR) is 145 cm³/mol. The molecular weight excluding hydrogens is 482 g/mol.